The van der Waals surface area contributed by atoms with Crippen LogP contribution >= 0.6 is 22.6 Å². The van der Waals surface area contributed by atoms with Gasteiger partial charge in [-0.3, -0.25) is 4.18 Å². The fraction of sp³-hybridized carbons (Fsp3) is 0.500. The van der Waals surface area contributed by atoms with Gasteiger partial charge in [-0.2, -0.15) is 8.42 Å². The Balaban J connectivity index is 3.01. The van der Waals surface area contributed by atoms with Crippen LogP contribution < -0.4 is 0 Å². The SMILES string of the molecule is CC1OS(=O)(=O)C=C1I. The molecule has 0 spiro atoms. The van der Waals surface area contributed by atoms with Crippen LogP contribution in [0.15, 0.2) is 8.99 Å². The second-order valence-corrected chi connectivity index (χ2v) is 4.39. The van der Waals surface area contributed by atoms with Crippen molar-refractivity contribution in [3.63, 3.8) is 0 Å². The summed E-state index contributed by atoms with van der Waals surface area (Å²) < 4.78 is 26.4. The topological polar surface area (TPSA) is 43.4 Å². The van der Waals surface area contributed by atoms with E-state index in [-0.39, 0.29) is 6.10 Å². The van der Waals surface area contributed by atoms with Crippen LogP contribution in [-0.2, 0) is 14.3 Å². The minimum absolute atomic E-state index is 0.282. The van der Waals surface area contributed by atoms with Crippen molar-refractivity contribution in [3.05, 3.63) is 8.99 Å². The Kier molecular flexibility index (Phi) is 1.84. The Bertz CT molecular complexity index is 241. The first-order chi connectivity index (χ1) is 4.01. The molecular formula is C4H5IO3S. The summed E-state index contributed by atoms with van der Waals surface area (Å²) in [5.74, 6) is 0. The van der Waals surface area contributed by atoms with Crippen molar-refractivity contribution in [1.29, 1.82) is 0 Å². The third kappa shape index (κ3) is 1.65. The first-order valence-electron chi connectivity index (χ1n) is 2.32. The molecule has 1 rings (SSSR count). The second-order valence-electron chi connectivity index (χ2n) is 1.73. The van der Waals surface area contributed by atoms with Crippen molar-refractivity contribution in [2.45, 2.75) is 13.0 Å². The highest BCUT2D eigenvalue weighted by Crippen LogP contribution is 2.25. The zero-order valence-corrected chi connectivity index (χ0v) is 7.64. The molecular weight excluding hydrogens is 255 g/mol. The van der Waals surface area contributed by atoms with Gasteiger partial charge in [0.25, 0.3) is 10.1 Å². The highest BCUT2D eigenvalue weighted by atomic mass is 127. The van der Waals surface area contributed by atoms with E-state index in [1.54, 1.807) is 6.92 Å². The molecule has 9 heavy (non-hydrogen) atoms. The molecule has 0 saturated carbocycles. The van der Waals surface area contributed by atoms with Gasteiger partial charge in [-0.05, 0) is 29.5 Å². The molecule has 0 aromatic rings. The highest BCUT2D eigenvalue weighted by molar-refractivity contribution is 14.1. The lowest BCUT2D eigenvalue weighted by atomic mass is 10.4. The Morgan fingerprint density at radius 3 is 2.44 bits per heavy atom. The fourth-order valence-electron chi connectivity index (χ4n) is 0.509. The molecule has 1 aliphatic heterocycles. The maximum Gasteiger partial charge on any atom is 0.291 e. The predicted octanol–water partition coefficient (Wildman–Crippen LogP) is 1.01. The van der Waals surface area contributed by atoms with Gasteiger partial charge < -0.3 is 0 Å². The largest absolute Gasteiger partial charge is 0.291 e. The van der Waals surface area contributed by atoms with Crippen LogP contribution in [0.3, 0.4) is 0 Å². The molecule has 0 aromatic heterocycles. The monoisotopic (exact) mass is 260 g/mol. The smallest absolute Gasteiger partial charge is 0.258 e. The summed E-state index contributed by atoms with van der Waals surface area (Å²) in [7, 11) is -3.31. The van der Waals surface area contributed by atoms with Gasteiger partial charge in [-0.15, -0.1) is 0 Å². The molecule has 3 nitrogen and oxygen atoms in total. The predicted molar refractivity (Wildman–Crippen MR) is 41.6 cm³/mol. The molecule has 0 aliphatic carbocycles. The Hall–Kier alpha value is 0.380. The van der Waals surface area contributed by atoms with Crippen LogP contribution in [0.1, 0.15) is 6.92 Å². The molecule has 1 aliphatic rings. The standard InChI is InChI=1S/C4H5IO3S/c1-3-4(5)2-9(6,7)8-3/h2-3H,1H3. The van der Waals surface area contributed by atoms with Crippen LogP contribution in [0.5, 0.6) is 0 Å². The van der Waals surface area contributed by atoms with E-state index in [2.05, 4.69) is 4.18 Å². The molecule has 0 bridgehead atoms. The summed E-state index contributed by atoms with van der Waals surface area (Å²) >= 11 is 1.94. The first-order valence-corrected chi connectivity index (χ1v) is 4.87. The lowest BCUT2D eigenvalue weighted by molar-refractivity contribution is 0.289. The molecule has 5 heteroatoms. The molecule has 0 radical (unpaired) electrons. The maximum absolute atomic E-state index is 10.5. The van der Waals surface area contributed by atoms with Crippen molar-refractivity contribution in [2.75, 3.05) is 0 Å². The van der Waals surface area contributed by atoms with Gasteiger partial charge in [0.15, 0.2) is 0 Å². The lowest BCUT2D eigenvalue weighted by Gasteiger charge is -1.97. The summed E-state index contributed by atoms with van der Waals surface area (Å²) in [6.07, 6.45) is -0.282. The molecule has 0 saturated heterocycles. The molecule has 1 atom stereocenters. The van der Waals surface area contributed by atoms with E-state index in [4.69, 9.17) is 0 Å². The first kappa shape index (κ1) is 7.49. The average Bonchev–Trinajstić information content (AvgIpc) is 1.79. The number of rotatable bonds is 0. The van der Waals surface area contributed by atoms with Crippen LogP contribution in [0, 0.1) is 0 Å². The summed E-state index contributed by atoms with van der Waals surface area (Å²) in [5.41, 5.74) is 0. The van der Waals surface area contributed by atoms with Crippen LogP contribution in [0.4, 0.5) is 0 Å². The quantitative estimate of drug-likeness (QED) is 0.482. The normalized spacial score (nSPS) is 32.2. The van der Waals surface area contributed by atoms with Crippen molar-refractivity contribution >= 4 is 32.7 Å². The summed E-state index contributed by atoms with van der Waals surface area (Å²) in [6.45, 7) is 1.70. The molecule has 0 N–H and O–H groups in total. The van der Waals surface area contributed by atoms with E-state index in [1.165, 1.54) is 0 Å². The Morgan fingerprint density at radius 2 is 2.33 bits per heavy atom. The lowest BCUT2D eigenvalue weighted by Crippen LogP contribution is -2.03. The van der Waals surface area contributed by atoms with Gasteiger partial charge in [-0.1, -0.05) is 0 Å². The highest BCUT2D eigenvalue weighted by Gasteiger charge is 2.24. The van der Waals surface area contributed by atoms with E-state index >= 15 is 0 Å². The van der Waals surface area contributed by atoms with Gasteiger partial charge >= 0.3 is 0 Å². The molecule has 0 amide bonds. The van der Waals surface area contributed by atoms with E-state index in [0.29, 0.717) is 0 Å². The third-order valence-corrected chi connectivity index (χ3v) is 3.63. The fourth-order valence-corrected chi connectivity index (χ4v) is 2.77. The van der Waals surface area contributed by atoms with Gasteiger partial charge in [0.05, 0.1) is 5.41 Å². The Morgan fingerprint density at radius 1 is 1.78 bits per heavy atom. The van der Waals surface area contributed by atoms with E-state index in [9.17, 15) is 8.42 Å². The maximum atomic E-state index is 10.5. The molecule has 1 heterocycles. The van der Waals surface area contributed by atoms with Crippen LogP contribution in [-0.4, -0.2) is 14.5 Å². The van der Waals surface area contributed by atoms with Crippen LogP contribution in [0.25, 0.3) is 0 Å². The van der Waals surface area contributed by atoms with Crippen molar-refractivity contribution < 1.29 is 12.6 Å². The van der Waals surface area contributed by atoms with Crippen molar-refractivity contribution in [2.24, 2.45) is 0 Å². The molecule has 0 fully saturated rings. The zero-order valence-electron chi connectivity index (χ0n) is 4.67. The summed E-state index contributed by atoms with van der Waals surface area (Å²) in [5, 5.41) is 1.14. The van der Waals surface area contributed by atoms with E-state index < -0.39 is 10.1 Å². The molecule has 0 aromatic carbocycles. The van der Waals surface area contributed by atoms with Crippen molar-refractivity contribution in [3.8, 4) is 0 Å². The number of hydrogen-bond acceptors (Lipinski definition) is 3. The van der Waals surface area contributed by atoms with Gasteiger partial charge in [-0.25, -0.2) is 0 Å². The number of hydrogen-bond donors (Lipinski definition) is 0. The minimum atomic E-state index is -3.31. The summed E-state index contributed by atoms with van der Waals surface area (Å²) in [4.78, 5) is 0. The summed E-state index contributed by atoms with van der Waals surface area (Å²) in [6, 6.07) is 0. The van der Waals surface area contributed by atoms with Crippen molar-refractivity contribution in [1.82, 2.24) is 0 Å². The minimum Gasteiger partial charge on any atom is -0.258 e. The van der Waals surface area contributed by atoms with Gasteiger partial charge in [0.1, 0.15) is 6.10 Å². The molecule has 52 valence electrons. The van der Waals surface area contributed by atoms with Gasteiger partial charge in [0, 0.05) is 3.58 Å². The van der Waals surface area contributed by atoms with Gasteiger partial charge in [0.2, 0.25) is 0 Å². The average molecular weight is 260 g/mol. The number of halogens is 1. The van der Waals surface area contributed by atoms with E-state index in [0.717, 1.165) is 8.99 Å². The zero-order chi connectivity index (χ0) is 7.07. The Labute approximate surface area is 67.3 Å². The second kappa shape index (κ2) is 2.21. The van der Waals surface area contributed by atoms with Crippen LogP contribution in [0.2, 0.25) is 0 Å². The molecule has 1 unspecified atom stereocenters. The van der Waals surface area contributed by atoms with E-state index in [1.807, 2.05) is 22.6 Å². The third-order valence-electron chi connectivity index (χ3n) is 0.924.